The summed E-state index contributed by atoms with van der Waals surface area (Å²) in [6, 6.07) is 12.4. The minimum atomic E-state index is -3.51. The van der Waals surface area contributed by atoms with Crippen LogP contribution >= 0.6 is 0 Å². The van der Waals surface area contributed by atoms with Crippen LogP contribution in [-0.4, -0.2) is 81.0 Å². The molecular weight excluding hydrogens is 514 g/mol. The summed E-state index contributed by atoms with van der Waals surface area (Å²) in [7, 11) is -3.51. The van der Waals surface area contributed by atoms with E-state index in [0.29, 0.717) is 30.5 Å². The lowest BCUT2D eigenvalue weighted by molar-refractivity contribution is 0.0369. The Morgan fingerprint density at radius 1 is 0.974 bits per heavy atom. The molecule has 0 saturated carbocycles. The highest BCUT2D eigenvalue weighted by Gasteiger charge is 2.24. The maximum atomic E-state index is 13.3. The summed E-state index contributed by atoms with van der Waals surface area (Å²) < 4.78 is 33.7. The fourth-order valence-electron chi connectivity index (χ4n) is 4.45. The second kappa shape index (κ2) is 17.5. The van der Waals surface area contributed by atoms with Gasteiger partial charge in [0, 0.05) is 50.8 Å². The predicted octanol–water partition coefficient (Wildman–Crippen LogP) is 3.67. The van der Waals surface area contributed by atoms with Gasteiger partial charge in [-0.25, -0.2) is 8.42 Å². The van der Waals surface area contributed by atoms with E-state index in [4.69, 9.17) is 10.00 Å². The van der Waals surface area contributed by atoms with E-state index >= 15 is 0 Å². The van der Waals surface area contributed by atoms with Gasteiger partial charge in [-0.05, 0) is 50.1 Å². The number of aliphatic imine (C=N–C) groups is 1. The second-order valence-corrected chi connectivity index (χ2v) is 11.4. The van der Waals surface area contributed by atoms with E-state index in [-0.39, 0.29) is 0 Å². The molecule has 11 heteroatoms. The van der Waals surface area contributed by atoms with Crippen molar-refractivity contribution >= 4 is 21.7 Å². The molecule has 2 heterocycles. The lowest BCUT2D eigenvalue weighted by Gasteiger charge is -2.28. The Balaban J connectivity index is 1.35. The second-order valence-electron chi connectivity index (χ2n) is 9.49. The number of hydrogen-bond acceptors (Lipinski definition) is 7. The predicted molar refractivity (Wildman–Crippen MR) is 154 cm³/mol. The van der Waals surface area contributed by atoms with Crippen LogP contribution < -0.4 is 10.6 Å². The topological polar surface area (TPSA) is 123 Å². The number of rotatable bonds is 16. The van der Waals surface area contributed by atoms with Crippen molar-refractivity contribution in [3.8, 4) is 6.19 Å². The molecule has 39 heavy (non-hydrogen) atoms. The van der Waals surface area contributed by atoms with Crippen LogP contribution in [0, 0.1) is 11.5 Å². The zero-order valence-electron chi connectivity index (χ0n) is 22.7. The molecule has 1 fully saturated rings. The highest BCUT2D eigenvalue weighted by atomic mass is 32.2. The fraction of sp³-hybridized carbons (Fsp3) is 0.536. The highest BCUT2D eigenvalue weighted by Crippen LogP contribution is 2.17. The molecule has 1 aliphatic heterocycles. The molecule has 0 atom stereocenters. The molecule has 3 rings (SSSR count). The largest absolute Gasteiger partial charge is 0.379 e. The normalized spacial score (nSPS) is 14.7. The molecule has 1 aliphatic rings. The number of unbranched alkanes of at least 4 members (excludes halogenated alkanes) is 5. The molecule has 2 aromatic rings. The smallest absolute Gasteiger partial charge is 0.243 e. The molecule has 1 aromatic heterocycles. The van der Waals surface area contributed by atoms with Gasteiger partial charge in [0.05, 0.1) is 18.1 Å². The number of anilines is 1. The van der Waals surface area contributed by atoms with Gasteiger partial charge in [0.2, 0.25) is 22.2 Å². The zero-order chi connectivity index (χ0) is 27.6. The first-order valence-electron chi connectivity index (χ1n) is 13.8. The van der Waals surface area contributed by atoms with Crippen molar-refractivity contribution in [1.82, 2.24) is 19.5 Å². The monoisotopic (exact) mass is 555 g/mol. The summed E-state index contributed by atoms with van der Waals surface area (Å²) in [5.41, 5.74) is 0.816. The summed E-state index contributed by atoms with van der Waals surface area (Å²) in [4.78, 5) is 10.5. The molecule has 2 N–H and O–H groups in total. The van der Waals surface area contributed by atoms with Crippen molar-refractivity contribution in [2.24, 2.45) is 4.99 Å². The summed E-state index contributed by atoms with van der Waals surface area (Å²) in [5.74, 6) is 0.428. The zero-order valence-corrected chi connectivity index (χ0v) is 23.5. The van der Waals surface area contributed by atoms with Crippen molar-refractivity contribution in [3.05, 3.63) is 54.9 Å². The quantitative estimate of drug-likeness (QED) is 0.139. The molecule has 212 valence electrons. The number of aromatic nitrogens is 1. The molecule has 0 radical (unpaired) electrons. The summed E-state index contributed by atoms with van der Waals surface area (Å²) >= 11 is 0. The number of pyridine rings is 1. The van der Waals surface area contributed by atoms with Crippen molar-refractivity contribution in [2.75, 3.05) is 57.8 Å². The number of guanidine groups is 1. The van der Waals surface area contributed by atoms with Gasteiger partial charge in [-0.15, -0.1) is 4.99 Å². The maximum Gasteiger partial charge on any atom is 0.243 e. The number of nitriles is 1. The molecule has 10 nitrogen and oxygen atoms in total. The molecule has 0 unspecified atom stereocenters. The van der Waals surface area contributed by atoms with E-state index in [1.807, 2.05) is 24.4 Å². The number of nitrogens with zero attached hydrogens (tertiary/aromatic N) is 5. The van der Waals surface area contributed by atoms with Crippen LogP contribution in [0.3, 0.4) is 0 Å². The first-order chi connectivity index (χ1) is 19.1. The van der Waals surface area contributed by atoms with Crippen molar-refractivity contribution in [3.63, 3.8) is 0 Å². The molecule has 0 spiro atoms. The van der Waals surface area contributed by atoms with Gasteiger partial charge in [-0.2, -0.15) is 9.57 Å². The summed E-state index contributed by atoms with van der Waals surface area (Å²) in [5, 5.41) is 15.2. The molecule has 1 saturated heterocycles. The number of nitrogens with one attached hydrogen (secondary N) is 2. The Kier molecular flexibility index (Phi) is 13.7. The average molecular weight is 556 g/mol. The Morgan fingerprint density at radius 2 is 1.64 bits per heavy atom. The Labute approximate surface area is 233 Å². The molecule has 1 aromatic carbocycles. The fourth-order valence-corrected chi connectivity index (χ4v) is 5.99. The SMILES string of the molecule is N#C/N=C(\NCCCCCCCCN(CCCN1CCOCC1)S(=O)(=O)c1ccccc1)Nc1ccncc1. The first kappa shape index (κ1) is 30.5. The standard InChI is InChI=1S/C28H41N7O3S/c29-25-32-28(33-26-13-16-30-17-14-26)31-15-8-3-1-2-4-9-19-35(20-10-18-34-21-23-38-24-22-34)39(36,37)27-11-6-5-7-12-27/h5-7,11-14,16-17H,1-4,8-10,15,18-24H2,(H2,30,31,32,33). The summed E-state index contributed by atoms with van der Waals surface area (Å²) in [6.45, 7) is 5.99. The minimum absolute atomic E-state index is 0.363. The Bertz CT molecular complexity index is 1120. The number of ether oxygens (including phenoxy) is 1. The third-order valence-electron chi connectivity index (χ3n) is 6.60. The van der Waals surface area contributed by atoms with Crippen LogP contribution in [0.25, 0.3) is 0 Å². The maximum absolute atomic E-state index is 13.3. The van der Waals surface area contributed by atoms with Crippen molar-refractivity contribution < 1.29 is 13.2 Å². The Morgan fingerprint density at radius 3 is 2.36 bits per heavy atom. The first-order valence-corrected chi connectivity index (χ1v) is 15.3. The van der Waals surface area contributed by atoms with Crippen LogP contribution in [0.2, 0.25) is 0 Å². The van der Waals surface area contributed by atoms with Crippen LogP contribution in [0.15, 0.2) is 64.7 Å². The van der Waals surface area contributed by atoms with Gasteiger partial charge in [0.25, 0.3) is 0 Å². The number of hydrogen-bond donors (Lipinski definition) is 2. The Hall–Kier alpha value is -3.04. The number of benzene rings is 1. The van der Waals surface area contributed by atoms with E-state index in [1.165, 1.54) is 0 Å². The van der Waals surface area contributed by atoms with Crippen LogP contribution in [0.4, 0.5) is 5.69 Å². The van der Waals surface area contributed by atoms with E-state index in [9.17, 15) is 8.42 Å². The van der Waals surface area contributed by atoms with E-state index in [2.05, 4.69) is 25.5 Å². The molecule has 0 bridgehead atoms. The van der Waals surface area contributed by atoms with Gasteiger partial charge < -0.3 is 15.4 Å². The minimum Gasteiger partial charge on any atom is -0.379 e. The molecule has 0 amide bonds. The van der Waals surface area contributed by atoms with Gasteiger partial charge in [0.1, 0.15) is 0 Å². The van der Waals surface area contributed by atoms with E-state index < -0.39 is 10.0 Å². The number of morpholine rings is 1. The highest BCUT2D eigenvalue weighted by molar-refractivity contribution is 7.89. The third kappa shape index (κ3) is 11.3. The lowest BCUT2D eigenvalue weighted by Crippen LogP contribution is -2.39. The van der Waals surface area contributed by atoms with Gasteiger partial charge in [0.15, 0.2) is 0 Å². The van der Waals surface area contributed by atoms with Gasteiger partial charge in [-0.1, -0.05) is 43.9 Å². The van der Waals surface area contributed by atoms with Gasteiger partial charge >= 0.3 is 0 Å². The molecular formula is C28H41N7O3S. The van der Waals surface area contributed by atoms with Crippen molar-refractivity contribution in [2.45, 2.75) is 49.8 Å². The summed E-state index contributed by atoms with van der Waals surface area (Å²) in [6.07, 6.45) is 11.9. The number of sulfonamides is 1. The van der Waals surface area contributed by atoms with Gasteiger partial charge in [-0.3, -0.25) is 9.88 Å². The third-order valence-corrected chi connectivity index (χ3v) is 8.51. The van der Waals surface area contributed by atoms with E-state index in [1.54, 1.807) is 41.0 Å². The van der Waals surface area contributed by atoms with Crippen LogP contribution in [0.5, 0.6) is 0 Å². The lowest BCUT2D eigenvalue weighted by atomic mass is 10.1. The van der Waals surface area contributed by atoms with E-state index in [0.717, 1.165) is 83.5 Å². The van der Waals surface area contributed by atoms with Crippen LogP contribution in [0.1, 0.15) is 44.9 Å². The van der Waals surface area contributed by atoms with Crippen molar-refractivity contribution in [1.29, 1.82) is 5.26 Å². The average Bonchev–Trinajstić information content (AvgIpc) is 2.97. The van der Waals surface area contributed by atoms with Crippen LogP contribution in [-0.2, 0) is 14.8 Å². The molecule has 0 aliphatic carbocycles.